The lowest BCUT2D eigenvalue weighted by Gasteiger charge is -2.06. The molecule has 0 radical (unpaired) electrons. The number of nitrogens with zero attached hydrogens (tertiary/aromatic N) is 2. The van der Waals surface area contributed by atoms with Gasteiger partial charge in [-0.3, -0.25) is 4.79 Å². The Balaban J connectivity index is 1.55. The summed E-state index contributed by atoms with van der Waals surface area (Å²) < 4.78 is 7.37. The van der Waals surface area contributed by atoms with Gasteiger partial charge in [-0.1, -0.05) is 0 Å². The highest BCUT2D eigenvalue weighted by atomic mass is 16.5. The summed E-state index contributed by atoms with van der Waals surface area (Å²) in [6, 6.07) is 11.3. The van der Waals surface area contributed by atoms with Crippen LogP contribution in [0.4, 0.5) is 0 Å². The second-order valence-electron chi connectivity index (χ2n) is 5.67. The summed E-state index contributed by atoms with van der Waals surface area (Å²) >= 11 is 0. The molecule has 2 aromatic heterocycles. The molecule has 0 spiro atoms. The zero-order chi connectivity index (χ0) is 16.9. The van der Waals surface area contributed by atoms with Crippen LogP contribution in [0.1, 0.15) is 28.5 Å². The van der Waals surface area contributed by atoms with E-state index in [1.165, 1.54) is 5.56 Å². The Morgan fingerprint density at radius 3 is 2.79 bits per heavy atom. The minimum Gasteiger partial charge on any atom is -0.494 e. The molecule has 0 fully saturated rings. The maximum Gasteiger partial charge on any atom is 0.251 e. The van der Waals surface area contributed by atoms with Crippen molar-refractivity contribution in [1.29, 1.82) is 0 Å². The molecular weight excluding hydrogens is 302 g/mol. The summed E-state index contributed by atoms with van der Waals surface area (Å²) in [5, 5.41) is 2.93. The lowest BCUT2D eigenvalue weighted by atomic mass is 10.2. The SMILES string of the molecule is CCOc1ccc(C(=O)NCCc2cn3ccc(C)cc3n2)cc1. The highest BCUT2D eigenvalue weighted by Crippen LogP contribution is 2.12. The number of aromatic nitrogens is 2. The minimum atomic E-state index is -0.0855. The fourth-order valence-electron chi connectivity index (χ4n) is 2.53. The lowest BCUT2D eigenvalue weighted by molar-refractivity contribution is 0.0954. The number of rotatable bonds is 6. The number of carbonyl (C=O) groups excluding carboxylic acids is 1. The van der Waals surface area contributed by atoms with Crippen LogP contribution in [0.5, 0.6) is 5.75 Å². The molecule has 1 aromatic carbocycles. The first-order valence-corrected chi connectivity index (χ1v) is 8.11. The fourth-order valence-corrected chi connectivity index (χ4v) is 2.53. The molecule has 1 N–H and O–H groups in total. The summed E-state index contributed by atoms with van der Waals surface area (Å²) in [6.07, 6.45) is 4.70. The monoisotopic (exact) mass is 323 g/mol. The summed E-state index contributed by atoms with van der Waals surface area (Å²) in [5.41, 5.74) is 3.71. The summed E-state index contributed by atoms with van der Waals surface area (Å²) in [5.74, 6) is 0.687. The maximum absolute atomic E-state index is 12.1. The van der Waals surface area contributed by atoms with Crippen molar-refractivity contribution in [3.63, 3.8) is 0 Å². The normalized spacial score (nSPS) is 10.8. The zero-order valence-corrected chi connectivity index (χ0v) is 14.0. The van der Waals surface area contributed by atoms with E-state index in [4.69, 9.17) is 4.74 Å². The maximum atomic E-state index is 12.1. The number of ether oxygens (including phenoxy) is 1. The largest absolute Gasteiger partial charge is 0.494 e. The van der Waals surface area contributed by atoms with Gasteiger partial charge in [0, 0.05) is 30.9 Å². The first-order chi connectivity index (χ1) is 11.7. The van der Waals surface area contributed by atoms with Gasteiger partial charge < -0.3 is 14.5 Å². The van der Waals surface area contributed by atoms with Crippen LogP contribution < -0.4 is 10.1 Å². The third kappa shape index (κ3) is 3.74. The molecule has 0 aliphatic carbocycles. The van der Waals surface area contributed by atoms with Gasteiger partial charge in [-0.05, 0) is 55.8 Å². The average Bonchev–Trinajstić information content (AvgIpc) is 2.97. The van der Waals surface area contributed by atoms with Crippen molar-refractivity contribution < 1.29 is 9.53 Å². The van der Waals surface area contributed by atoms with E-state index in [0.29, 0.717) is 25.1 Å². The molecule has 124 valence electrons. The van der Waals surface area contributed by atoms with E-state index >= 15 is 0 Å². The third-order valence-electron chi connectivity index (χ3n) is 3.76. The third-order valence-corrected chi connectivity index (χ3v) is 3.76. The van der Waals surface area contributed by atoms with Crippen molar-refractivity contribution in [2.24, 2.45) is 0 Å². The molecule has 0 unspecified atom stereocenters. The number of hydrogen-bond donors (Lipinski definition) is 1. The molecule has 5 nitrogen and oxygen atoms in total. The first-order valence-electron chi connectivity index (χ1n) is 8.11. The molecule has 0 bridgehead atoms. The molecule has 0 atom stereocenters. The second-order valence-corrected chi connectivity index (χ2v) is 5.67. The van der Waals surface area contributed by atoms with Gasteiger partial charge in [0.2, 0.25) is 0 Å². The van der Waals surface area contributed by atoms with Crippen LogP contribution >= 0.6 is 0 Å². The standard InChI is InChI=1S/C19H21N3O2/c1-3-24-17-6-4-15(5-7-17)19(23)20-10-8-16-13-22-11-9-14(2)12-18(22)21-16/h4-7,9,11-13H,3,8,10H2,1-2H3,(H,20,23). The van der Waals surface area contributed by atoms with Crippen LogP contribution in [-0.2, 0) is 6.42 Å². The van der Waals surface area contributed by atoms with Gasteiger partial charge in [-0.2, -0.15) is 0 Å². The number of amides is 1. The second kappa shape index (κ2) is 7.17. The zero-order valence-electron chi connectivity index (χ0n) is 14.0. The van der Waals surface area contributed by atoms with Crippen molar-refractivity contribution in [3.8, 4) is 5.75 Å². The van der Waals surface area contributed by atoms with Gasteiger partial charge in [0.15, 0.2) is 0 Å². The smallest absolute Gasteiger partial charge is 0.251 e. The van der Waals surface area contributed by atoms with E-state index in [0.717, 1.165) is 17.1 Å². The quantitative estimate of drug-likeness (QED) is 0.758. The number of pyridine rings is 1. The summed E-state index contributed by atoms with van der Waals surface area (Å²) in [6.45, 7) is 5.14. The highest BCUT2D eigenvalue weighted by molar-refractivity contribution is 5.94. The predicted molar refractivity (Wildman–Crippen MR) is 93.6 cm³/mol. The van der Waals surface area contributed by atoms with Gasteiger partial charge in [-0.15, -0.1) is 0 Å². The molecule has 0 saturated heterocycles. The topological polar surface area (TPSA) is 55.6 Å². The number of benzene rings is 1. The molecule has 0 aliphatic heterocycles. The van der Waals surface area contributed by atoms with Crippen LogP contribution in [0.3, 0.4) is 0 Å². The van der Waals surface area contributed by atoms with E-state index in [1.54, 1.807) is 12.1 Å². The molecule has 2 heterocycles. The van der Waals surface area contributed by atoms with E-state index in [9.17, 15) is 4.79 Å². The van der Waals surface area contributed by atoms with Crippen LogP contribution in [0.15, 0.2) is 48.8 Å². The van der Waals surface area contributed by atoms with E-state index in [1.807, 2.05) is 54.9 Å². The van der Waals surface area contributed by atoms with Crippen molar-refractivity contribution >= 4 is 11.6 Å². The van der Waals surface area contributed by atoms with Crippen molar-refractivity contribution in [1.82, 2.24) is 14.7 Å². The first kappa shape index (κ1) is 16.1. The van der Waals surface area contributed by atoms with Crippen LogP contribution in [0, 0.1) is 6.92 Å². The molecule has 3 aromatic rings. The van der Waals surface area contributed by atoms with E-state index < -0.39 is 0 Å². The van der Waals surface area contributed by atoms with Crippen LogP contribution in [-0.4, -0.2) is 28.4 Å². The van der Waals surface area contributed by atoms with Gasteiger partial charge in [0.25, 0.3) is 5.91 Å². The average molecular weight is 323 g/mol. The van der Waals surface area contributed by atoms with Crippen molar-refractivity contribution in [3.05, 3.63) is 65.6 Å². The molecule has 3 rings (SSSR count). The lowest BCUT2D eigenvalue weighted by Crippen LogP contribution is -2.25. The van der Waals surface area contributed by atoms with E-state index in [-0.39, 0.29) is 5.91 Å². The van der Waals surface area contributed by atoms with Gasteiger partial charge in [-0.25, -0.2) is 4.98 Å². The number of aryl methyl sites for hydroxylation is 1. The Morgan fingerprint density at radius 1 is 1.25 bits per heavy atom. The van der Waals surface area contributed by atoms with E-state index in [2.05, 4.69) is 10.3 Å². The fraction of sp³-hybridized carbons (Fsp3) is 0.263. The predicted octanol–water partition coefficient (Wildman–Crippen LogP) is 3.01. The van der Waals surface area contributed by atoms with Crippen molar-refractivity contribution in [2.75, 3.05) is 13.2 Å². The molecule has 0 aliphatic rings. The van der Waals surface area contributed by atoms with Gasteiger partial charge in [0.05, 0.1) is 12.3 Å². The molecule has 5 heteroatoms. The molecule has 1 amide bonds. The van der Waals surface area contributed by atoms with Crippen LogP contribution in [0.25, 0.3) is 5.65 Å². The molecule has 24 heavy (non-hydrogen) atoms. The number of imidazole rings is 1. The number of hydrogen-bond acceptors (Lipinski definition) is 3. The Labute approximate surface area is 141 Å². The number of nitrogens with one attached hydrogen (secondary N) is 1. The minimum absolute atomic E-state index is 0.0855. The van der Waals surface area contributed by atoms with Gasteiger partial charge in [0.1, 0.15) is 11.4 Å². The number of fused-ring (bicyclic) bond motifs is 1. The van der Waals surface area contributed by atoms with Gasteiger partial charge >= 0.3 is 0 Å². The summed E-state index contributed by atoms with van der Waals surface area (Å²) in [4.78, 5) is 16.7. The Morgan fingerprint density at radius 2 is 2.04 bits per heavy atom. The van der Waals surface area contributed by atoms with Crippen molar-refractivity contribution in [2.45, 2.75) is 20.3 Å². The molecular formula is C19H21N3O2. The summed E-state index contributed by atoms with van der Waals surface area (Å²) in [7, 11) is 0. The highest BCUT2D eigenvalue weighted by Gasteiger charge is 2.06. The Bertz CT molecular complexity index is 837. The number of carbonyl (C=O) groups is 1. The Hall–Kier alpha value is -2.82. The molecule has 0 saturated carbocycles. The van der Waals surface area contributed by atoms with Crippen LogP contribution in [0.2, 0.25) is 0 Å². The Kier molecular flexibility index (Phi) is 4.79.